The number of amides is 1. The molecule has 1 amide bonds. The SMILES string of the molecule is NC(=O)c1nn([C@H]2CC[C@@H](CO)O2)cc1I. The van der Waals surface area contributed by atoms with Crippen molar-refractivity contribution in [1.82, 2.24) is 9.78 Å². The summed E-state index contributed by atoms with van der Waals surface area (Å²) >= 11 is 2.01. The smallest absolute Gasteiger partial charge is 0.270 e. The van der Waals surface area contributed by atoms with Crippen molar-refractivity contribution in [2.24, 2.45) is 5.73 Å². The predicted octanol–water partition coefficient (Wildman–Crippen LogP) is 0.256. The second kappa shape index (κ2) is 4.68. The number of carbonyl (C=O) groups is 1. The first-order valence-electron chi connectivity index (χ1n) is 4.92. The number of aliphatic hydroxyl groups excluding tert-OH is 1. The minimum Gasteiger partial charge on any atom is -0.394 e. The van der Waals surface area contributed by atoms with E-state index in [1.807, 2.05) is 22.6 Å². The molecule has 88 valence electrons. The fourth-order valence-electron chi connectivity index (χ4n) is 1.70. The number of aromatic nitrogens is 2. The monoisotopic (exact) mass is 337 g/mol. The lowest BCUT2D eigenvalue weighted by Crippen LogP contribution is -2.16. The molecule has 2 atom stereocenters. The molecule has 1 fully saturated rings. The molecule has 0 radical (unpaired) electrons. The molecule has 16 heavy (non-hydrogen) atoms. The van der Waals surface area contributed by atoms with Gasteiger partial charge >= 0.3 is 0 Å². The van der Waals surface area contributed by atoms with E-state index in [-0.39, 0.29) is 24.6 Å². The quantitative estimate of drug-likeness (QED) is 0.774. The molecule has 0 saturated carbocycles. The maximum atomic E-state index is 11.0. The van der Waals surface area contributed by atoms with E-state index >= 15 is 0 Å². The van der Waals surface area contributed by atoms with Crippen LogP contribution in [0.1, 0.15) is 29.6 Å². The number of hydrogen-bond donors (Lipinski definition) is 2. The number of primary amides is 1. The number of aliphatic hydroxyl groups is 1. The number of nitrogens with two attached hydrogens (primary N) is 1. The van der Waals surface area contributed by atoms with Crippen LogP contribution < -0.4 is 5.73 Å². The Morgan fingerprint density at radius 3 is 3.00 bits per heavy atom. The first-order valence-corrected chi connectivity index (χ1v) is 6.00. The summed E-state index contributed by atoms with van der Waals surface area (Å²) in [5.74, 6) is -0.542. The minimum absolute atomic E-state index is 0.0114. The summed E-state index contributed by atoms with van der Waals surface area (Å²) in [6, 6.07) is 0. The lowest BCUT2D eigenvalue weighted by atomic mass is 10.2. The maximum absolute atomic E-state index is 11.0. The van der Waals surface area contributed by atoms with Crippen molar-refractivity contribution in [2.75, 3.05) is 6.61 Å². The molecule has 3 N–H and O–H groups in total. The molecule has 1 aliphatic rings. The predicted molar refractivity (Wildman–Crippen MR) is 63.7 cm³/mol. The molecular formula is C9H12IN3O3. The highest BCUT2D eigenvalue weighted by atomic mass is 127. The van der Waals surface area contributed by atoms with Crippen LogP contribution in [-0.2, 0) is 4.74 Å². The van der Waals surface area contributed by atoms with Gasteiger partial charge < -0.3 is 15.6 Å². The summed E-state index contributed by atoms with van der Waals surface area (Å²) in [4.78, 5) is 11.0. The summed E-state index contributed by atoms with van der Waals surface area (Å²) in [5.41, 5.74) is 5.44. The summed E-state index contributed by atoms with van der Waals surface area (Å²) in [5, 5.41) is 13.0. The summed E-state index contributed by atoms with van der Waals surface area (Å²) in [7, 11) is 0. The van der Waals surface area contributed by atoms with E-state index in [1.54, 1.807) is 10.9 Å². The number of carbonyl (C=O) groups excluding carboxylic acids is 1. The zero-order valence-corrected chi connectivity index (χ0v) is 10.6. The fraction of sp³-hybridized carbons (Fsp3) is 0.556. The van der Waals surface area contributed by atoms with E-state index in [0.717, 1.165) is 12.8 Å². The second-order valence-corrected chi connectivity index (χ2v) is 4.80. The van der Waals surface area contributed by atoms with Crippen LogP contribution in [0.3, 0.4) is 0 Å². The second-order valence-electron chi connectivity index (χ2n) is 3.64. The van der Waals surface area contributed by atoms with E-state index in [2.05, 4.69) is 5.10 Å². The largest absolute Gasteiger partial charge is 0.394 e. The van der Waals surface area contributed by atoms with Crippen LogP contribution in [0, 0.1) is 3.57 Å². The van der Waals surface area contributed by atoms with Crippen LogP contribution in [-0.4, -0.2) is 33.5 Å². The third kappa shape index (κ3) is 2.20. The Hall–Kier alpha value is -0.670. The van der Waals surface area contributed by atoms with E-state index < -0.39 is 5.91 Å². The van der Waals surface area contributed by atoms with Crippen molar-refractivity contribution in [2.45, 2.75) is 25.2 Å². The summed E-state index contributed by atoms with van der Waals surface area (Å²) in [6.45, 7) is 0.0114. The van der Waals surface area contributed by atoms with Gasteiger partial charge in [0.15, 0.2) is 11.9 Å². The summed E-state index contributed by atoms with van der Waals surface area (Å²) in [6.07, 6.45) is 2.96. The van der Waals surface area contributed by atoms with Gasteiger partial charge in [0.25, 0.3) is 5.91 Å². The minimum atomic E-state index is -0.542. The first kappa shape index (κ1) is 11.8. The van der Waals surface area contributed by atoms with Crippen molar-refractivity contribution >= 4 is 28.5 Å². The highest BCUT2D eigenvalue weighted by molar-refractivity contribution is 14.1. The van der Waals surface area contributed by atoms with Crippen LogP contribution in [0.25, 0.3) is 0 Å². The Morgan fingerprint density at radius 2 is 2.50 bits per heavy atom. The Morgan fingerprint density at radius 1 is 1.75 bits per heavy atom. The first-order chi connectivity index (χ1) is 7.61. The van der Waals surface area contributed by atoms with E-state index in [4.69, 9.17) is 15.6 Å². The fourth-order valence-corrected chi connectivity index (χ4v) is 2.36. The van der Waals surface area contributed by atoms with Gasteiger partial charge in [-0.3, -0.25) is 4.79 Å². The van der Waals surface area contributed by atoms with Gasteiger partial charge in [-0.15, -0.1) is 0 Å². The third-order valence-electron chi connectivity index (χ3n) is 2.50. The number of rotatable bonds is 3. The molecule has 0 spiro atoms. The van der Waals surface area contributed by atoms with Crippen molar-refractivity contribution in [3.8, 4) is 0 Å². The lowest BCUT2D eigenvalue weighted by Gasteiger charge is -2.11. The molecule has 6 nitrogen and oxygen atoms in total. The molecular weight excluding hydrogens is 325 g/mol. The van der Waals surface area contributed by atoms with Gasteiger partial charge in [0, 0.05) is 6.20 Å². The van der Waals surface area contributed by atoms with Gasteiger partial charge in [0.2, 0.25) is 0 Å². The molecule has 2 heterocycles. The van der Waals surface area contributed by atoms with E-state index in [9.17, 15) is 4.79 Å². The van der Waals surface area contributed by atoms with E-state index in [1.165, 1.54) is 0 Å². The maximum Gasteiger partial charge on any atom is 0.270 e. The topological polar surface area (TPSA) is 90.4 Å². The van der Waals surface area contributed by atoms with Crippen LogP contribution in [0.15, 0.2) is 6.20 Å². The number of ether oxygens (including phenoxy) is 1. The molecule has 1 saturated heterocycles. The van der Waals surface area contributed by atoms with Crippen LogP contribution in [0.4, 0.5) is 0 Å². The molecule has 1 aromatic heterocycles. The van der Waals surface area contributed by atoms with Crippen LogP contribution >= 0.6 is 22.6 Å². The molecule has 1 aromatic rings. The van der Waals surface area contributed by atoms with Gasteiger partial charge in [-0.1, -0.05) is 0 Å². The van der Waals surface area contributed by atoms with Gasteiger partial charge in [-0.25, -0.2) is 4.68 Å². The lowest BCUT2D eigenvalue weighted by molar-refractivity contribution is -0.0283. The van der Waals surface area contributed by atoms with Crippen LogP contribution in [0.5, 0.6) is 0 Å². The molecule has 0 aliphatic carbocycles. The van der Waals surface area contributed by atoms with Gasteiger partial charge in [-0.05, 0) is 35.4 Å². The zero-order chi connectivity index (χ0) is 11.7. The molecule has 0 aromatic carbocycles. The number of halogens is 1. The van der Waals surface area contributed by atoms with E-state index in [0.29, 0.717) is 3.57 Å². The van der Waals surface area contributed by atoms with Crippen molar-refractivity contribution in [1.29, 1.82) is 0 Å². The third-order valence-corrected chi connectivity index (χ3v) is 3.29. The number of hydrogen-bond acceptors (Lipinski definition) is 4. The molecule has 0 unspecified atom stereocenters. The normalized spacial score (nSPS) is 24.9. The molecule has 2 rings (SSSR count). The Labute approximate surface area is 106 Å². The molecule has 1 aliphatic heterocycles. The van der Waals surface area contributed by atoms with Gasteiger partial charge in [-0.2, -0.15) is 5.10 Å². The molecule has 0 bridgehead atoms. The van der Waals surface area contributed by atoms with Gasteiger partial charge in [0.1, 0.15) is 0 Å². The summed E-state index contributed by atoms with van der Waals surface area (Å²) < 4.78 is 7.84. The molecule has 7 heteroatoms. The average molecular weight is 337 g/mol. The zero-order valence-electron chi connectivity index (χ0n) is 8.47. The average Bonchev–Trinajstić information content (AvgIpc) is 2.83. The Balaban J connectivity index is 2.16. The van der Waals surface area contributed by atoms with Crippen LogP contribution in [0.2, 0.25) is 0 Å². The van der Waals surface area contributed by atoms with Crippen molar-refractivity contribution < 1.29 is 14.6 Å². The van der Waals surface area contributed by atoms with Gasteiger partial charge in [0.05, 0.1) is 16.3 Å². The Kier molecular flexibility index (Phi) is 3.45. The standard InChI is InChI=1S/C9H12IN3O3/c10-6-3-13(12-8(6)9(11)15)7-2-1-5(4-14)16-7/h3,5,7,14H,1-2,4H2,(H2,11,15)/t5-,7+/m0/s1. The van der Waals surface area contributed by atoms with Crippen molar-refractivity contribution in [3.05, 3.63) is 15.5 Å². The highest BCUT2D eigenvalue weighted by Crippen LogP contribution is 2.28. The highest BCUT2D eigenvalue weighted by Gasteiger charge is 2.27. The number of nitrogens with zero attached hydrogens (tertiary/aromatic N) is 2. The Bertz CT molecular complexity index is 407. The van der Waals surface area contributed by atoms with Crippen molar-refractivity contribution in [3.63, 3.8) is 0 Å².